The summed E-state index contributed by atoms with van der Waals surface area (Å²) in [6.45, 7) is 8.51. The van der Waals surface area contributed by atoms with Crippen molar-refractivity contribution in [2.75, 3.05) is 19.6 Å². The molecule has 2 aliphatic rings. The van der Waals surface area contributed by atoms with Crippen molar-refractivity contribution in [2.45, 2.75) is 46.2 Å². The number of amides is 2. The minimum Gasteiger partial charge on any atom is -0.338 e. The van der Waals surface area contributed by atoms with Crippen LogP contribution in [0.5, 0.6) is 0 Å². The molecular weight excluding hydrogens is 282 g/mol. The van der Waals surface area contributed by atoms with Gasteiger partial charge in [-0.3, -0.25) is 9.59 Å². The second kappa shape index (κ2) is 5.37. The van der Waals surface area contributed by atoms with E-state index in [1.807, 2.05) is 41.4 Å². The predicted octanol–water partition coefficient (Wildman–Crippen LogP) is 0.830. The Bertz CT molecular complexity index is 583. The van der Waals surface area contributed by atoms with Crippen molar-refractivity contribution in [1.29, 1.82) is 0 Å². The maximum Gasteiger partial charge on any atom is 0.228 e. The zero-order chi connectivity index (χ0) is 15.9. The van der Waals surface area contributed by atoms with E-state index in [1.165, 1.54) is 0 Å². The molecule has 0 radical (unpaired) electrons. The van der Waals surface area contributed by atoms with Crippen LogP contribution in [0.15, 0.2) is 6.20 Å². The van der Waals surface area contributed by atoms with Gasteiger partial charge in [-0.05, 0) is 6.42 Å². The van der Waals surface area contributed by atoms with Crippen LogP contribution in [-0.2, 0) is 16.1 Å². The highest BCUT2D eigenvalue weighted by Gasteiger charge is 2.37. The number of likely N-dealkylation sites (tertiary alicyclic amines) is 2. The van der Waals surface area contributed by atoms with Gasteiger partial charge in [0.05, 0.1) is 18.8 Å². The lowest BCUT2D eigenvalue weighted by Gasteiger charge is -2.41. The van der Waals surface area contributed by atoms with Crippen molar-refractivity contribution in [2.24, 2.45) is 5.41 Å². The summed E-state index contributed by atoms with van der Waals surface area (Å²) in [5.74, 6) is 0.367. The molecule has 2 fully saturated rings. The van der Waals surface area contributed by atoms with Crippen molar-refractivity contribution in [3.05, 3.63) is 11.9 Å². The lowest BCUT2D eigenvalue weighted by atomic mass is 9.92. The Labute approximate surface area is 130 Å². The average Bonchev–Trinajstić information content (AvgIpc) is 2.98. The zero-order valence-electron chi connectivity index (χ0n) is 13.4. The van der Waals surface area contributed by atoms with Crippen LogP contribution in [0.1, 0.15) is 45.3 Å². The summed E-state index contributed by atoms with van der Waals surface area (Å²) in [4.78, 5) is 27.4. The molecule has 0 atom stereocenters. The number of hydrogen-bond donors (Lipinski definition) is 0. The zero-order valence-corrected chi connectivity index (χ0v) is 13.4. The molecule has 2 amide bonds. The lowest BCUT2D eigenvalue weighted by Crippen LogP contribution is -2.54. The number of carbonyl (C=O) groups excluding carboxylic acids is 2. The van der Waals surface area contributed by atoms with Gasteiger partial charge in [-0.25, -0.2) is 4.68 Å². The molecule has 0 unspecified atom stereocenters. The van der Waals surface area contributed by atoms with Gasteiger partial charge in [0.25, 0.3) is 0 Å². The monoisotopic (exact) mass is 305 g/mol. The SMILES string of the molecule is CC(C)(C)C(=O)N1CC(n2cc(CN3CCCC3=O)nn2)C1. The largest absolute Gasteiger partial charge is 0.338 e. The fourth-order valence-corrected chi connectivity index (χ4v) is 2.89. The van der Waals surface area contributed by atoms with Crippen LogP contribution < -0.4 is 0 Å². The van der Waals surface area contributed by atoms with Gasteiger partial charge in [-0.2, -0.15) is 0 Å². The maximum atomic E-state index is 12.1. The highest BCUT2D eigenvalue weighted by molar-refractivity contribution is 5.82. The molecule has 0 saturated carbocycles. The normalized spacial score (nSPS) is 19.7. The summed E-state index contributed by atoms with van der Waals surface area (Å²) in [5.41, 5.74) is 0.477. The molecule has 0 bridgehead atoms. The van der Waals surface area contributed by atoms with E-state index >= 15 is 0 Å². The van der Waals surface area contributed by atoms with E-state index in [0.717, 1.165) is 18.7 Å². The Hall–Kier alpha value is -1.92. The quantitative estimate of drug-likeness (QED) is 0.829. The highest BCUT2D eigenvalue weighted by atomic mass is 16.2. The van der Waals surface area contributed by atoms with Crippen molar-refractivity contribution in [1.82, 2.24) is 24.8 Å². The van der Waals surface area contributed by atoms with Crippen molar-refractivity contribution >= 4 is 11.8 Å². The molecule has 120 valence electrons. The summed E-state index contributed by atoms with van der Waals surface area (Å²) in [6.07, 6.45) is 3.47. The van der Waals surface area contributed by atoms with Crippen LogP contribution in [-0.4, -0.2) is 56.2 Å². The number of hydrogen-bond acceptors (Lipinski definition) is 4. The standard InChI is InChI=1S/C15H23N5O2/c1-15(2,3)14(22)19-9-12(10-19)20-8-11(16-17-20)7-18-6-4-5-13(18)21/h8,12H,4-7,9-10H2,1-3H3. The van der Waals surface area contributed by atoms with Gasteiger partial charge in [0.15, 0.2) is 0 Å². The van der Waals surface area contributed by atoms with E-state index in [9.17, 15) is 9.59 Å². The Kier molecular flexibility index (Phi) is 3.66. The molecule has 2 aliphatic heterocycles. The molecule has 3 heterocycles. The Morgan fingerprint density at radius 2 is 2.09 bits per heavy atom. The van der Waals surface area contributed by atoms with Crippen LogP contribution in [0.2, 0.25) is 0 Å². The lowest BCUT2D eigenvalue weighted by molar-refractivity contribution is -0.145. The third kappa shape index (κ3) is 2.84. The topological polar surface area (TPSA) is 71.3 Å². The minimum absolute atomic E-state index is 0.173. The number of rotatable bonds is 3. The second-order valence-electron chi connectivity index (χ2n) is 7.22. The third-order valence-corrected chi connectivity index (χ3v) is 4.25. The van der Waals surface area contributed by atoms with Crippen LogP contribution in [0.4, 0.5) is 0 Å². The molecule has 7 heteroatoms. The highest BCUT2D eigenvalue weighted by Crippen LogP contribution is 2.27. The number of aromatic nitrogens is 3. The van der Waals surface area contributed by atoms with Gasteiger partial charge in [-0.1, -0.05) is 26.0 Å². The van der Waals surface area contributed by atoms with Crippen LogP contribution in [0.3, 0.4) is 0 Å². The van der Waals surface area contributed by atoms with Crippen LogP contribution in [0.25, 0.3) is 0 Å². The molecule has 0 N–H and O–H groups in total. The van der Waals surface area contributed by atoms with E-state index in [0.29, 0.717) is 26.1 Å². The molecule has 1 aromatic heterocycles. The summed E-state index contributed by atoms with van der Waals surface area (Å²) in [6, 6.07) is 0.196. The summed E-state index contributed by atoms with van der Waals surface area (Å²) < 4.78 is 1.82. The first-order chi connectivity index (χ1) is 10.3. The molecule has 3 rings (SSSR count). The molecule has 0 aliphatic carbocycles. The number of nitrogens with zero attached hydrogens (tertiary/aromatic N) is 5. The molecule has 2 saturated heterocycles. The molecule has 1 aromatic rings. The fourth-order valence-electron chi connectivity index (χ4n) is 2.89. The molecule has 0 aromatic carbocycles. The third-order valence-electron chi connectivity index (χ3n) is 4.25. The van der Waals surface area contributed by atoms with E-state index in [2.05, 4.69) is 10.3 Å². The summed E-state index contributed by atoms with van der Waals surface area (Å²) in [7, 11) is 0. The Morgan fingerprint density at radius 1 is 1.36 bits per heavy atom. The first-order valence-electron chi connectivity index (χ1n) is 7.82. The molecule has 0 spiro atoms. The van der Waals surface area contributed by atoms with Crippen LogP contribution >= 0.6 is 0 Å². The van der Waals surface area contributed by atoms with Gasteiger partial charge in [0.1, 0.15) is 5.69 Å². The summed E-state index contributed by atoms with van der Waals surface area (Å²) >= 11 is 0. The van der Waals surface area contributed by atoms with Crippen molar-refractivity contribution in [3.8, 4) is 0 Å². The molecule has 7 nitrogen and oxygen atoms in total. The van der Waals surface area contributed by atoms with Gasteiger partial charge >= 0.3 is 0 Å². The average molecular weight is 305 g/mol. The van der Waals surface area contributed by atoms with Gasteiger partial charge in [0.2, 0.25) is 11.8 Å². The first-order valence-corrected chi connectivity index (χ1v) is 7.82. The molecule has 22 heavy (non-hydrogen) atoms. The number of carbonyl (C=O) groups is 2. The van der Waals surface area contributed by atoms with E-state index in [-0.39, 0.29) is 23.3 Å². The Balaban J connectivity index is 1.55. The van der Waals surface area contributed by atoms with Gasteiger partial charge in [0, 0.05) is 31.5 Å². The van der Waals surface area contributed by atoms with Crippen molar-refractivity contribution < 1.29 is 9.59 Å². The van der Waals surface area contributed by atoms with E-state index in [1.54, 1.807) is 0 Å². The van der Waals surface area contributed by atoms with Gasteiger partial charge in [-0.15, -0.1) is 5.10 Å². The second-order valence-corrected chi connectivity index (χ2v) is 7.22. The predicted molar refractivity (Wildman–Crippen MR) is 79.7 cm³/mol. The Morgan fingerprint density at radius 3 is 2.68 bits per heavy atom. The van der Waals surface area contributed by atoms with Crippen LogP contribution in [0, 0.1) is 5.41 Å². The minimum atomic E-state index is -0.339. The molecular formula is C15H23N5O2. The first kappa shape index (κ1) is 15.0. The van der Waals surface area contributed by atoms with E-state index in [4.69, 9.17) is 0 Å². The summed E-state index contributed by atoms with van der Waals surface area (Å²) in [5, 5.41) is 8.30. The smallest absolute Gasteiger partial charge is 0.228 e. The van der Waals surface area contributed by atoms with E-state index < -0.39 is 0 Å². The maximum absolute atomic E-state index is 12.1. The van der Waals surface area contributed by atoms with Crippen molar-refractivity contribution in [3.63, 3.8) is 0 Å². The fraction of sp³-hybridized carbons (Fsp3) is 0.733. The van der Waals surface area contributed by atoms with Gasteiger partial charge < -0.3 is 9.80 Å².